The molecule has 0 saturated heterocycles. The monoisotopic (exact) mass is 231 g/mol. The van der Waals surface area contributed by atoms with Gasteiger partial charge < -0.3 is 10.3 Å². The summed E-state index contributed by atoms with van der Waals surface area (Å²) in [7, 11) is 0. The van der Waals surface area contributed by atoms with Crippen LogP contribution in [-0.2, 0) is 4.79 Å². The lowest BCUT2D eigenvalue weighted by molar-refractivity contribution is -0.117. The van der Waals surface area contributed by atoms with E-state index < -0.39 is 6.04 Å². The molecular weight excluding hydrogens is 218 g/mol. The number of benzene rings is 1. The number of nitrogens with one attached hydrogen (secondary N) is 1. The van der Waals surface area contributed by atoms with Crippen molar-refractivity contribution in [3.63, 3.8) is 0 Å². The second-order valence-electron chi connectivity index (χ2n) is 3.71. The van der Waals surface area contributed by atoms with Crippen molar-refractivity contribution in [3.05, 3.63) is 47.7 Å². The first-order chi connectivity index (χ1) is 8.16. The number of nitrogens with two attached hydrogens (primary N) is 1. The van der Waals surface area contributed by atoms with Crippen molar-refractivity contribution in [2.45, 2.75) is 13.0 Å². The summed E-state index contributed by atoms with van der Waals surface area (Å²) in [4.78, 5) is 11.8. The highest BCUT2D eigenvalue weighted by molar-refractivity contribution is 5.94. The molecule has 1 atom stereocenters. The average molecular weight is 231 g/mol. The van der Waals surface area contributed by atoms with E-state index in [1.807, 2.05) is 18.2 Å². The van der Waals surface area contributed by atoms with E-state index in [4.69, 9.17) is 10.3 Å². The fraction of sp³-hybridized carbons (Fsp3) is 0.167. The largest absolute Gasteiger partial charge is 0.338 e. The van der Waals surface area contributed by atoms with Crippen LogP contribution >= 0.6 is 0 Å². The Bertz CT molecular complexity index is 507. The molecule has 3 N–H and O–H groups in total. The summed E-state index contributed by atoms with van der Waals surface area (Å²) in [5.41, 5.74) is 7.27. The summed E-state index contributed by atoms with van der Waals surface area (Å²) in [6, 6.07) is 10.1. The SMILES string of the molecule is Cc1cc(NC(=O)[C@H](N)c2ccccc2)on1. The highest BCUT2D eigenvalue weighted by atomic mass is 16.5. The third-order valence-electron chi connectivity index (χ3n) is 2.32. The fourth-order valence-electron chi connectivity index (χ4n) is 1.43. The Morgan fingerprint density at radius 1 is 1.41 bits per heavy atom. The van der Waals surface area contributed by atoms with Crippen LogP contribution in [0.5, 0.6) is 0 Å². The number of anilines is 1. The highest BCUT2D eigenvalue weighted by Crippen LogP contribution is 2.14. The Morgan fingerprint density at radius 3 is 2.71 bits per heavy atom. The minimum Gasteiger partial charge on any atom is -0.338 e. The third-order valence-corrected chi connectivity index (χ3v) is 2.32. The lowest BCUT2D eigenvalue weighted by Gasteiger charge is -2.10. The molecule has 0 aliphatic heterocycles. The van der Waals surface area contributed by atoms with Gasteiger partial charge in [-0.05, 0) is 12.5 Å². The first-order valence-electron chi connectivity index (χ1n) is 5.21. The van der Waals surface area contributed by atoms with Gasteiger partial charge in [-0.25, -0.2) is 0 Å². The molecule has 1 aromatic carbocycles. The van der Waals surface area contributed by atoms with E-state index in [1.165, 1.54) is 0 Å². The molecule has 1 amide bonds. The first kappa shape index (κ1) is 11.3. The number of hydrogen-bond donors (Lipinski definition) is 2. The summed E-state index contributed by atoms with van der Waals surface area (Å²) in [5, 5.41) is 6.24. The van der Waals surface area contributed by atoms with Gasteiger partial charge >= 0.3 is 0 Å². The van der Waals surface area contributed by atoms with E-state index in [9.17, 15) is 4.79 Å². The number of hydrogen-bond acceptors (Lipinski definition) is 4. The second-order valence-corrected chi connectivity index (χ2v) is 3.71. The smallest absolute Gasteiger partial charge is 0.248 e. The summed E-state index contributed by atoms with van der Waals surface area (Å²) >= 11 is 0. The van der Waals surface area contributed by atoms with Crippen LogP contribution < -0.4 is 11.1 Å². The maximum Gasteiger partial charge on any atom is 0.248 e. The van der Waals surface area contributed by atoms with Crippen molar-refractivity contribution in [1.82, 2.24) is 5.16 Å². The summed E-state index contributed by atoms with van der Waals surface area (Å²) in [6.07, 6.45) is 0. The molecule has 17 heavy (non-hydrogen) atoms. The van der Waals surface area contributed by atoms with Crippen LogP contribution in [0.3, 0.4) is 0 Å². The minimum absolute atomic E-state index is 0.305. The minimum atomic E-state index is -0.721. The molecule has 1 heterocycles. The predicted molar refractivity (Wildman–Crippen MR) is 63.2 cm³/mol. The zero-order valence-corrected chi connectivity index (χ0v) is 9.38. The molecule has 0 bridgehead atoms. The van der Waals surface area contributed by atoms with E-state index in [-0.39, 0.29) is 5.91 Å². The maximum absolute atomic E-state index is 11.8. The number of carbonyl (C=O) groups is 1. The van der Waals surface area contributed by atoms with Crippen LogP contribution in [0, 0.1) is 6.92 Å². The first-order valence-corrected chi connectivity index (χ1v) is 5.21. The van der Waals surface area contributed by atoms with Crippen molar-refractivity contribution < 1.29 is 9.32 Å². The van der Waals surface area contributed by atoms with Gasteiger partial charge in [0.25, 0.3) is 0 Å². The number of amides is 1. The van der Waals surface area contributed by atoms with E-state index in [0.717, 1.165) is 5.56 Å². The number of aromatic nitrogens is 1. The molecule has 2 aromatic rings. The van der Waals surface area contributed by atoms with Crippen LogP contribution in [0.4, 0.5) is 5.88 Å². The van der Waals surface area contributed by atoms with Crippen LogP contribution in [0.15, 0.2) is 40.9 Å². The molecule has 2 rings (SSSR count). The number of rotatable bonds is 3. The number of nitrogens with zero attached hydrogens (tertiary/aromatic N) is 1. The van der Waals surface area contributed by atoms with Crippen molar-refractivity contribution >= 4 is 11.8 Å². The standard InChI is InChI=1S/C12H13N3O2/c1-8-7-10(17-15-8)14-12(16)11(13)9-5-3-2-4-6-9/h2-7,11H,13H2,1H3,(H,14,16)/t11-/m1/s1. The van der Waals surface area contributed by atoms with E-state index in [0.29, 0.717) is 11.6 Å². The Hall–Kier alpha value is -2.14. The zero-order valence-electron chi connectivity index (χ0n) is 9.38. The Balaban J connectivity index is 2.06. The van der Waals surface area contributed by atoms with Gasteiger partial charge in [0.2, 0.25) is 11.8 Å². The molecule has 0 aliphatic carbocycles. The van der Waals surface area contributed by atoms with Crippen molar-refractivity contribution in [2.24, 2.45) is 5.73 Å². The molecule has 0 fully saturated rings. The molecule has 0 unspecified atom stereocenters. The second kappa shape index (κ2) is 4.80. The van der Waals surface area contributed by atoms with E-state index in [1.54, 1.807) is 25.1 Å². The van der Waals surface area contributed by atoms with Gasteiger partial charge in [0.15, 0.2) is 0 Å². The number of carbonyl (C=O) groups excluding carboxylic acids is 1. The normalized spacial score (nSPS) is 12.1. The van der Waals surface area contributed by atoms with E-state index >= 15 is 0 Å². The third kappa shape index (κ3) is 2.70. The maximum atomic E-state index is 11.8. The molecule has 1 aromatic heterocycles. The Kier molecular flexibility index (Phi) is 3.20. The molecule has 0 radical (unpaired) electrons. The van der Waals surface area contributed by atoms with Gasteiger partial charge in [0.1, 0.15) is 6.04 Å². The topological polar surface area (TPSA) is 81.2 Å². The fourth-order valence-corrected chi connectivity index (χ4v) is 1.43. The molecule has 5 heteroatoms. The van der Waals surface area contributed by atoms with Crippen molar-refractivity contribution in [2.75, 3.05) is 5.32 Å². The van der Waals surface area contributed by atoms with Crippen LogP contribution in [0.2, 0.25) is 0 Å². The highest BCUT2D eigenvalue weighted by Gasteiger charge is 2.16. The summed E-state index contributed by atoms with van der Waals surface area (Å²) < 4.78 is 4.88. The van der Waals surface area contributed by atoms with Gasteiger partial charge in [0.05, 0.1) is 5.69 Å². The van der Waals surface area contributed by atoms with Gasteiger partial charge in [-0.1, -0.05) is 35.5 Å². The number of aryl methyl sites for hydroxylation is 1. The zero-order chi connectivity index (χ0) is 12.3. The van der Waals surface area contributed by atoms with Crippen molar-refractivity contribution in [1.29, 1.82) is 0 Å². The lowest BCUT2D eigenvalue weighted by atomic mass is 10.1. The molecule has 0 spiro atoms. The van der Waals surface area contributed by atoms with Gasteiger partial charge in [-0.3, -0.25) is 10.1 Å². The molecule has 0 saturated carbocycles. The van der Waals surface area contributed by atoms with Gasteiger partial charge in [-0.15, -0.1) is 0 Å². The quantitative estimate of drug-likeness (QED) is 0.841. The molecule has 0 aliphatic rings. The van der Waals surface area contributed by atoms with Crippen LogP contribution in [0.25, 0.3) is 0 Å². The van der Waals surface area contributed by atoms with Crippen molar-refractivity contribution in [3.8, 4) is 0 Å². The van der Waals surface area contributed by atoms with E-state index in [2.05, 4.69) is 10.5 Å². The average Bonchev–Trinajstić information content (AvgIpc) is 2.75. The van der Waals surface area contributed by atoms with Crippen LogP contribution in [0.1, 0.15) is 17.3 Å². The molecule has 88 valence electrons. The molecular formula is C12H13N3O2. The van der Waals surface area contributed by atoms with Gasteiger partial charge in [0, 0.05) is 6.07 Å². The molecule has 5 nitrogen and oxygen atoms in total. The Labute approximate surface area is 98.6 Å². The van der Waals surface area contributed by atoms with Crippen LogP contribution in [-0.4, -0.2) is 11.1 Å². The predicted octanol–water partition coefficient (Wildman–Crippen LogP) is 1.62. The lowest BCUT2D eigenvalue weighted by Crippen LogP contribution is -2.27. The Morgan fingerprint density at radius 2 is 2.12 bits per heavy atom. The summed E-state index contributed by atoms with van der Waals surface area (Å²) in [6.45, 7) is 1.77. The van der Waals surface area contributed by atoms with Gasteiger partial charge in [-0.2, -0.15) is 0 Å². The summed E-state index contributed by atoms with van der Waals surface area (Å²) in [5.74, 6) is -0.0220.